The number of carbonyl (C=O) groups excluding carboxylic acids is 2. The summed E-state index contributed by atoms with van der Waals surface area (Å²) in [6.07, 6.45) is 0. The molecule has 0 atom stereocenters. The molecule has 4 rings (SSSR count). The number of halogens is 2. The molecule has 0 saturated heterocycles. The Morgan fingerprint density at radius 1 is 1.00 bits per heavy atom. The molecule has 2 amide bonds. The number of aryl methyl sites for hydroxylation is 1. The van der Waals surface area contributed by atoms with Crippen molar-refractivity contribution >= 4 is 40.8 Å². The van der Waals surface area contributed by atoms with Crippen LogP contribution >= 0.6 is 23.2 Å². The summed E-state index contributed by atoms with van der Waals surface area (Å²) < 4.78 is 6.97. The van der Waals surface area contributed by atoms with E-state index in [1.54, 1.807) is 23.9 Å². The molecule has 9 heteroatoms. The van der Waals surface area contributed by atoms with Crippen LogP contribution in [0, 0.1) is 6.92 Å². The predicted molar refractivity (Wildman–Crippen MR) is 152 cm³/mol. The largest absolute Gasteiger partial charge is 0.497 e. The molecule has 0 radical (unpaired) electrons. The first-order valence-electron chi connectivity index (χ1n) is 12.0. The van der Waals surface area contributed by atoms with Crippen molar-refractivity contribution in [3.63, 3.8) is 0 Å². The molecule has 7 nitrogen and oxygen atoms in total. The number of ether oxygens (including phenoxy) is 1. The van der Waals surface area contributed by atoms with E-state index in [1.165, 1.54) is 11.0 Å². The van der Waals surface area contributed by atoms with Crippen molar-refractivity contribution in [3.05, 3.63) is 94.1 Å². The van der Waals surface area contributed by atoms with Gasteiger partial charge in [0.05, 0.1) is 28.5 Å². The molecule has 0 unspecified atom stereocenters. The van der Waals surface area contributed by atoms with Gasteiger partial charge in [0.25, 0.3) is 5.91 Å². The maximum Gasteiger partial charge on any atom is 0.254 e. The molecule has 3 aromatic carbocycles. The Balaban J connectivity index is 1.68. The fourth-order valence-corrected chi connectivity index (χ4v) is 4.41. The van der Waals surface area contributed by atoms with Crippen molar-refractivity contribution < 1.29 is 14.3 Å². The van der Waals surface area contributed by atoms with Gasteiger partial charge >= 0.3 is 0 Å². The minimum atomic E-state index is -0.362. The van der Waals surface area contributed by atoms with Crippen LogP contribution in [-0.2, 0) is 4.79 Å². The SMILES string of the molecule is COc1ccc(-n2nc(C)c(-c3ccccc3)c2NC(=O)CN(C(=O)c2ccc(Cl)c(Cl)c2)C(C)C)cc1. The summed E-state index contributed by atoms with van der Waals surface area (Å²) in [7, 11) is 1.60. The predicted octanol–water partition coefficient (Wildman–Crippen LogP) is 6.65. The number of hydrogen-bond donors (Lipinski definition) is 1. The van der Waals surface area contributed by atoms with Crippen molar-refractivity contribution in [2.75, 3.05) is 19.0 Å². The zero-order chi connectivity index (χ0) is 27.4. The third kappa shape index (κ3) is 5.85. The van der Waals surface area contributed by atoms with Crippen LogP contribution in [0.2, 0.25) is 10.0 Å². The fraction of sp³-hybridized carbons (Fsp3) is 0.207. The lowest BCUT2D eigenvalue weighted by molar-refractivity contribution is -0.117. The molecule has 0 bridgehead atoms. The number of hydrogen-bond acceptors (Lipinski definition) is 4. The van der Waals surface area contributed by atoms with E-state index in [9.17, 15) is 9.59 Å². The second-order valence-electron chi connectivity index (χ2n) is 8.99. The zero-order valence-corrected chi connectivity index (χ0v) is 23.0. The van der Waals surface area contributed by atoms with Gasteiger partial charge < -0.3 is 15.0 Å². The summed E-state index contributed by atoms with van der Waals surface area (Å²) >= 11 is 12.1. The lowest BCUT2D eigenvalue weighted by atomic mass is 10.1. The molecule has 38 heavy (non-hydrogen) atoms. The van der Waals surface area contributed by atoms with Crippen LogP contribution in [0.5, 0.6) is 5.75 Å². The molecule has 0 fully saturated rings. The number of anilines is 1. The van der Waals surface area contributed by atoms with Crippen molar-refractivity contribution in [3.8, 4) is 22.6 Å². The summed E-state index contributed by atoms with van der Waals surface area (Å²) in [6.45, 7) is 5.43. The average molecular weight is 551 g/mol. The number of rotatable bonds is 8. The van der Waals surface area contributed by atoms with Crippen molar-refractivity contribution in [2.24, 2.45) is 0 Å². The molecule has 0 aliphatic rings. The minimum Gasteiger partial charge on any atom is -0.497 e. The molecule has 0 spiro atoms. The van der Waals surface area contributed by atoms with E-state index >= 15 is 0 Å². The lowest BCUT2D eigenvalue weighted by Crippen LogP contribution is -2.42. The van der Waals surface area contributed by atoms with Gasteiger partial charge in [0.1, 0.15) is 18.1 Å². The molecular formula is C29H28Cl2N4O3. The summed E-state index contributed by atoms with van der Waals surface area (Å²) in [4.78, 5) is 28.2. The van der Waals surface area contributed by atoms with Crippen LogP contribution in [0.15, 0.2) is 72.8 Å². The van der Waals surface area contributed by atoms with E-state index in [4.69, 9.17) is 33.0 Å². The number of benzene rings is 3. The number of methoxy groups -OCH3 is 1. The summed E-state index contributed by atoms with van der Waals surface area (Å²) in [5.74, 6) is 0.533. The van der Waals surface area contributed by atoms with Gasteiger partial charge in [-0.15, -0.1) is 0 Å². The number of carbonyl (C=O) groups is 2. The number of aromatic nitrogens is 2. The van der Waals surface area contributed by atoms with Gasteiger partial charge in [0.15, 0.2) is 0 Å². The van der Waals surface area contributed by atoms with Gasteiger partial charge in [-0.3, -0.25) is 9.59 Å². The zero-order valence-electron chi connectivity index (χ0n) is 21.5. The highest BCUT2D eigenvalue weighted by Crippen LogP contribution is 2.34. The van der Waals surface area contributed by atoms with Gasteiger partial charge in [-0.2, -0.15) is 5.10 Å². The molecule has 196 valence electrons. The summed E-state index contributed by atoms with van der Waals surface area (Å²) in [5.41, 5.74) is 3.55. The van der Waals surface area contributed by atoms with Crippen molar-refractivity contribution in [1.29, 1.82) is 0 Å². The second kappa shape index (κ2) is 11.7. The van der Waals surface area contributed by atoms with Crippen LogP contribution < -0.4 is 10.1 Å². The fourth-order valence-electron chi connectivity index (χ4n) is 4.11. The van der Waals surface area contributed by atoms with Crippen LogP contribution in [0.1, 0.15) is 29.9 Å². The smallest absolute Gasteiger partial charge is 0.254 e. The molecular weight excluding hydrogens is 523 g/mol. The minimum absolute atomic E-state index is 0.169. The van der Waals surface area contributed by atoms with Gasteiger partial charge in [-0.1, -0.05) is 53.5 Å². The Labute approximate surface area is 231 Å². The number of amides is 2. The van der Waals surface area contributed by atoms with Gasteiger partial charge in [0, 0.05) is 17.2 Å². The van der Waals surface area contributed by atoms with Crippen molar-refractivity contribution in [1.82, 2.24) is 14.7 Å². The molecule has 0 saturated carbocycles. The maximum atomic E-state index is 13.4. The maximum absolute atomic E-state index is 13.4. The van der Waals surface area contributed by atoms with E-state index in [0.717, 1.165) is 22.5 Å². The molecule has 0 aliphatic heterocycles. The van der Waals surface area contributed by atoms with Gasteiger partial charge in [-0.05, 0) is 68.8 Å². The number of nitrogens with one attached hydrogen (secondary N) is 1. The Morgan fingerprint density at radius 2 is 1.68 bits per heavy atom. The first kappa shape index (κ1) is 27.2. The Bertz CT molecular complexity index is 1450. The Morgan fingerprint density at radius 3 is 2.29 bits per heavy atom. The Hall–Kier alpha value is -3.81. The highest BCUT2D eigenvalue weighted by atomic mass is 35.5. The average Bonchev–Trinajstić information content (AvgIpc) is 3.24. The van der Waals surface area contributed by atoms with Gasteiger partial charge in [0.2, 0.25) is 5.91 Å². The highest BCUT2D eigenvalue weighted by Gasteiger charge is 2.25. The van der Waals surface area contributed by atoms with Crippen LogP contribution in [0.25, 0.3) is 16.8 Å². The summed E-state index contributed by atoms with van der Waals surface area (Å²) in [6, 6.07) is 21.5. The van der Waals surface area contributed by atoms with E-state index in [1.807, 2.05) is 75.4 Å². The third-order valence-corrected chi connectivity index (χ3v) is 6.80. The van der Waals surface area contributed by atoms with Crippen molar-refractivity contribution in [2.45, 2.75) is 26.8 Å². The molecule has 1 heterocycles. The summed E-state index contributed by atoms with van der Waals surface area (Å²) in [5, 5.41) is 8.39. The van der Waals surface area contributed by atoms with E-state index in [2.05, 4.69) is 5.32 Å². The quantitative estimate of drug-likeness (QED) is 0.266. The highest BCUT2D eigenvalue weighted by molar-refractivity contribution is 6.42. The number of nitrogens with zero attached hydrogens (tertiary/aromatic N) is 3. The van der Waals surface area contributed by atoms with E-state index in [-0.39, 0.29) is 29.4 Å². The first-order chi connectivity index (χ1) is 18.2. The Kier molecular flexibility index (Phi) is 8.39. The normalized spacial score (nSPS) is 10.9. The van der Waals surface area contributed by atoms with Crippen LogP contribution in [-0.4, -0.2) is 46.2 Å². The standard InChI is InChI=1S/C29H28Cl2N4O3/c1-18(2)34(29(37)21-10-15-24(30)25(31)16-21)17-26(36)32-28-27(20-8-6-5-7-9-20)19(3)33-35(28)22-11-13-23(38-4)14-12-22/h5-16,18H,17H2,1-4H3,(H,32,36). The first-order valence-corrected chi connectivity index (χ1v) is 12.8. The molecule has 0 aliphatic carbocycles. The third-order valence-electron chi connectivity index (χ3n) is 6.06. The molecule has 4 aromatic rings. The van der Waals surface area contributed by atoms with E-state index in [0.29, 0.717) is 22.2 Å². The van der Waals surface area contributed by atoms with E-state index < -0.39 is 0 Å². The molecule has 1 aromatic heterocycles. The monoisotopic (exact) mass is 550 g/mol. The lowest BCUT2D eigenvalue weighted by Gasteiger charge is -2.26. The van der Waals surface area contributed by atoms with Crippen LogP contribution in [0.4, 0.5) is 5.82 Å². The van der Waals surface area contributed by atoms with Crippen LogP contribution in [0.3, 0.4) is 0 Å². The molecule has 1 N–H and O–H groups in total. The van der Waals surface area contributed by atoms with Gasteiger partial charge in [-0.25, -0.2) is 4.68 Å². The topological polar surface area (TPSA) is 76.5 Å². The second-order valence-corrected chi connectivity index (χ2v) is 9.80.